The number of hydrogen-bond donors (Lipinski definition) is 2. The maximum absolute atomic E-state index is 12.2. The van der Waals surface area contributed by atoms with Gasteiger partial charge in [0.15, 0.2) is 11.6 Å². The van der Waals surface area contributed by atoms with E-state index in [4.69, 9.17) is 0 Å². The molecule has 4 nitrogen and oxygen atoms in total. The van der Waals surface area contributed by atoms with E-state index in [1.807, 2.05) is 69.3 Å². The number of benzene rings is 3. The van der Waals surface area contributed by atoms with Crippen LogP contribution in [0, 0.1) is 6.92 Å². The van der Waals surface area contributed by atoms with Crippen LogP contribution in [0.3, 0.4) is 0 Å². The number of phenols is 2. The molecule has 0 atom stereocenters. The van der Waals surface area contributed by atoms with Crippen LogP contribution in [-0.2, 0) is 6.42 Å². The highest BCUT2D eigenvalue weighted by Crippen LogP contribution is 2.39. The van der Waals surface area contributed by atoms with E-state index >= 15 is 0 Å². The van der Waals surface area contributed by atoms with Crippen molar-refractivity contribution in [1.29, 1.82) is 0 Å². The Morgan fingerprint density at radius 1 is 0.706 bits per heavy atom. The molecule has 0 saturated carbocycles. The standard InChI is InChI=1S/C15H16O2.C15H14O2/c2*1-3-4-7-11-10(2)14(16)12-8-5-6-9-13(12)15(11)17/h3-6,8-9,16-17H,7H2,1-2H3;3-6,8-9H,7H2,1-2H3/b2*4-3-. The number of rotatable bonds is 4. The molecular weight excluding hydrogens is 424 g/mol. The van der Waals surface area contributed by atoms with Gasteiger partial charge in [-0.1, -0.05) is 72.8 Å². The molecule has 4 rings (SSSR count). The number of carbonyl (C=O) groups is 2. The third kappa shape index (κ3) is 4.72. The lowest BCUT2D eigenvalue weighted by Crippen LogP contribution is -2.20. The minimum absolute atomic E-state index is 0.0178. The summed E-state index contributed by atoms with van der Waals surface area (Å²) in [5.41, 5.74) is 3.79. The second kappa shape index (κ2) is 10.8. The molecule has 0 aliphatic heterocycles. The van der Waals surface area contributed by atoms with Gasteiger partial charge in [-0.25, -0.2) is 0 Å². The second-order valence-electron chi connectivity index (χ2n) is 8.20. The third-order valence-corrected chi connectivity index (χ3v) is 6.13. The molecule has 0 bridgehead atoms. The smallest absolute Gasteiger partial charge is 0.190 e. The summed E-state index contributed by atoms with van der Waals surface area (Å²) < 4.78 is 0. The summed E-state index contributed by atoms with van der Waals surface area (Å²) in [6.07, 6.45) is 8.85. The number of carbonyl (C=O) groups excluding carboxylic acids is 2. The summed E-state index contributed by atoms with van der Waals surface area (Å²) in [6.45, 7) is 7.40. The highest BCUT2D eigenvalue weighted by atomic mass is 16.3. The largest absolute Gasteiger partial charge is 0.507 e. The first-order valence-electron chi connectivity index (χ1n) is 11.4. The summed E-state index contributed by atoms with van der Waals surface area (Å²) in [4.78, 5) is 24.3. The van der Waals surface area contributed by atoms with E-state index < -0.39 is 0 Å². The molecule has 0 fully saturated rings. The first-order valence-corrected chi connectivity index (χ1v) is 11.4. The van der Waals surface area contributed by atoms with Gasteiger partial charge in [0.05, 0.1) is 0 Å². The molecule has 3 aromatic carbocycles. The van der Waals surface area contributed by atoms with Gasteiger partial charge < -0.3 is 10.2 Å². The second-order valence-corrected chi connectivity index (χ2v) is 8.20. The number of phenolic OH excluding ortho intramolecular Hbond substituents is 2. The fourth-order valence-electron chi connectivity index (χ4n) is 4.10. The molecule has 0 unspecified atom stereocenters. The van der Waals surface area contributed by atoms with Gasteiger partial charge >= 0.3 is 0 Å². The number of ketones is 2. The van der Waals surface area contributed by atoms with Gasteiger partial charge in [0.2, 0.25) is 0 Å². The summed E-state index contributed by atoms with van der Waals surface area (Å²) in [5, 5.41) is 21.8. The zero-order valence-corrected chi connectivity index (χ0v) is 20.1. The molecule has 34 heavy (non-hydrogen) atoms. The first-order chi connectivity index (χ1) is 16.3. The lowest BCUT2D eigenvalue weighted by Gasteiger charge is -2.17. The summed E-state index contributed by atoms with van der Waals surface area (Å²) in [5.74, 6) is 0.488. The Morgan fingerprint density at radius 2 is 1.21 bits per heavy atom. The van der Waals surface area contributed by atoms with Crippen LogP contribution >= 0.6 is 0 Å². The lowest BCUT2D eigenvalue weighted by atomic mass is 9.83. The van der Waals surface area contributed by atoms with Gasteiger partial charge in [-0.05, 0) is 46.1 Å². The van der Waals surface area contributed by atoms with Gasteiger partial charge in [-0.2, -0.15) is 0 Å². The van der Waals surface area contributed by atoms with Crippen LogP contribution in [-0.4, -0.2) is 21.8 Å². The minimum atomic E-state index is -0.0281. The Kier molecular flexibility index (Phi) is 7.85. The Hall–Kier alpha value is -3.92. The van der Waals surface area contributed by atoms with Crippen molar-refractivity contribution in [3.8, 4) is 11.5 Å². The monoisotopic (exact) mass is 454 g/mol. The van der Waals surface area contributed by atoms with Crippen molar-refractivity contribution >= 4 is 22.3 Å². The van der Waals surface area contributed by atoms with Gasteiger partial charge in [0, 0.05) is 38.6 Å². The normalized spacial score (nSPS) is 13.5. The summed E-state index contributed by atoms with van der Waals surface area (Å²) in [7, 11) is 0. The number of hydrogen-bond acceptors (Lipinski definition) is 4. The molecule has 0 radical (unpaired) electrons. The van der Waals surface area contributed by atoms with Crippen LogP contribution in [0.5, 0.6) is 11.5 Å². The van der Waals surface area contributed by atoms with Crippen molar-refractivity contribution < 1.29 is 19.8 Å². The Balaban J connectivity index is 0.000000191. The fourth-order valence-corrected chi connectivity index (χ4v) is 4.10. The van der Waals surface area contributed by atoms with Gasteiger partial charge in [-0.3, -0.25) is 9.59 Å². The molecule has 4 heteroatoms. The van der Waals surface area contributed by atoms with E-state index in [1.165, 1.54) is 0 Å². The molecule has 0 amide bonds. The van der Waals surface area contributed by atoms with Gasteiger partial charge in [-0.15, -0.1) is 0 Å². The van der Waals surface area contributed by atoms with E-state index in [-0.39, 0.29) is 23.1 Å². The molecule has 3 aromatic rings. The highest BCUT2D eigenvalue weighted by molar-refractivity contribution is 6.26. The summed E-state index contributed by atoms with van der Waals surface area (Å²) >= 11 is 0. The molecule has 2 N–H and O–H groups in total. The molecule has 0 heterocycles. The third-order valence-electron chi connectivity index (χ3n) is 6.13. The van der Waals surface area contributed by atoms with Crippen molar-refractivity contribution in [2.75, 3.05) is 0 Å². The number of allylic oxidation sites excluding steroid dienone is 6. The van der Waals surface area contributed by atoms with E-state index in [2.05, 4.69) is 0 Å². The number of Topliss-reactive ketones (excluding diaryl/α,β-unsaturated/α-hetero) is 2. The van der Waals surface area contributed by atoms with Crippen LogP contribution in [0.2, 0.25) is 0 Å². The SMILES string of the molecule is C/C=C\CC1=C(C)C(=O)c2ccccc2C1=O.C/C=C\Cc1c(C)c(O)c2ccccc2c1O. The molecule has 1 aliphatic carbocycles. The van der Waals surface area contributed by atoms with Crippen LogP contribution in [0.1, 0.15) is 59.0 Å². The van der Waals surface area contributed by atoms with Crippen LogP contribution < -0.4 is 0 Å². The zero-order chi connectivity index (χ0) is 24.8. The van der Waals surface area contributed by atoms with Crippen LogP contribution in [0.4, 0.5) is 0 Å². The van der Waals surface area contributed by atoms with E-state index in [1.54, 1.807) is 31.2 Å². The quantitative estimate of drug-likeness (QED) is 0.328. The van der Waals surface area contributed by atoms with Crippen LogP contribution in [0.25, 0.3) is 10.8 Å². The van der Waals surface area contributed by atoms with Crippen molar-refractivity contribution in [3.63, 3.8) is 0 Å². The Bertz CT molecular complexity index is 1340. The average Bonchev–Trinajstić information content (AvgIpc) is 2.86. The Labute approximate surface area is 200 Å². The van der Waals surface area contributed by atoms with Gasteiger partial charge in [0.1, 0.15) is 11.5 Å². The average molecular weight is 455 g/mol. The van der Waals surface area contributed by atoms with E-state index in [9.17, 15) is 19.8 Å². The number of aromatic hydroxyl groups is 2. The maximum Gasteiger partial charge on any atom is 0.190 e. The molecule has 1 aliphatic rings. The number of fused-ring (bicyclic) bond motifs is 2. The van der Waals surface area contributed by atoms with Crippen molar-refractivity contribution in [1.82, 2.24) is 0 Å². The van der Waals surface area contributed by atoms with E-state index in [0.29, 0.717) is 45.9 Å². The summed E-state index contributed by atoms with van der Waals surface area (Å²) in [6, 6.07) is 14.4. The molecular formula is C30H30O4. The van der Waals surface area contributed by atoms with Crippen LogP contribution in [0.15, 0.2) is 84.0 Å². The first kappa shape index (κ1) is 24.7. The molecule has 0 aromatic heterocycles. The molecule has 0 saturated heterocycles. The van der Waals surface area contributed by atoms with Gasteiger partial charge in [0.25, 0.3) is 0 Å². The molecule has 0 spiro atoms. The molecule has 174 valence electrons. The predicted molar refractivity (Wildman–Crippen MR) is 138 cm³/mol. The topological polar surface area (TPSA) is 74.6 Å². The van der Waals surface area contributed by atoms with Crippen molar-refractivity contribution in [2.45, 2.75) is 40.5 Å². The zero-order valence-electron chi connectivity index (χ0n) is 20.1. The van der Waals surface area contributed by atoms with Crippen molar-refractivity contribution in [3.05, 3.63) is 106 Å². The lowest BCUT2D eigenvalue weighted by molar-refractivity contribution is 0.0973. The van der Waals surface area contributed by atoms with E-state index in [0.717, 1.165) is 11.1 Å². The Morgan fingerprint density at radius 3 is 1.79 bits per heavy atom. The fraction of sp³-hybridized carbons (Fsp3) is 0.200. The highest BCUT2D eigenvalue weighted by Gasteiger charge is 2.28. The van der Waals surface area contributed by atoms with Crippen molar-refractivity contribution in [2.24, 2.45) is 0 Å². The maximum atomic E-state index is 12.2. The predicted octanol–water partition coefficient (Wildman–Crippen LogP) is 7.03. The minimum Gasteiger partial charge on any atom is -0.507 e.